The van der Waals surface area contributed by atoms with Gasteiger partial charge in [0.25, 0.3) is 0 Å². The maximum Gasteiger partial charge on any atom is 0.0587 e. The zero-order chi connectivity index (χ0) is 11.6. The number of rotatable bonds is 8. The van der Waals surface area contributed by atoms with Crippen LogP contribution in [0.15, 0.2) is 29.2 Å². The van der Waals surface area contributed by atoms with E-state index in [1.54, 1.807) is 7.11 Å². The van der Waals surface area contributed by atoms with Gasteiger partial charge in [-0.2, -0.15) is 0 Å². The highest BCUT2D eigenvalue weighted by Gasteiger charge is 2.00. The molecule has 0 fully saturated rings. The number of hydrogen-bond acceptors (Lipinski definition) is 3. The van der Waals surface area contributed by atoms with E-state index in [1.807, 2.05) is 11.8 Å². The number of benzene rings is 1. The van der Waals surface area contributed by atoms with Crippen molar-refractivity contribution in [1.82, 2.24) is 5.32 Å². The van der Waals surface area contributed by atoms with E-state index in [0.717, 1.165) is 19.7 Å². The van der Waals surface area contributed by atoms with E-state index in [-0.39, 0.29) is 0 Å². The van der Waals surface area contributed by atoms with Gasteiger partial charge in [0, 0.05) is 25.1 Å². The third-order valence-corrected chi connectivity index (χ3v) is 3.55. The first-order chi connectivity index (χ1) is 7.88. The molecule has 1 rings (SSSR count). The molecule has 3 heteroatoms. The molecular weight excluding hydrogens is 218 g/mol. The van der Waals surface area contributed by atoms with E-state index in [0.29, 0.717) is 0 Å². The molecule has 0 heterocycles. The maximum absolute atomic E-state index is 5.01. The average molecular weight is 239 g/mol. The van der Waals surface area contributed by atoms with Crippen LogP contribution in [-0.4, -0.2) is 26.0 Å². The molecule has 0 aromatic heterocycles. The van der Waals surface area contributed by atoms with Crippen molar-refractivity contribution in [2.24, 2.45) is 0 Å². The molecule has 0 saturated heterocycles. The Kier molecular flexibility index (Phi) is 7.30. The van der Waals surface area contributed by atoms with E-state index < -0.39 is 0 Å². The Labute approximate surface area is 103 Å². The summed E-state index contributed by atoms with van der Waals surface area (Å²) in [6.07, 6.45) is 1.22. The van der Waals surface area contributed by atoms with Gasteiger partial charge < -0.3 is 10.1 Å². The lowest BCUT2D eigenvalue weighted by Gasteiger charge is -2.09. The first-order valence-electron chi connectivity index (χ1n) is 5.78. The minimum Gasteiger partial charge on any atom is -0.383 e. The summed E-state index contributed by atoms with van der Waals surface area (Å²) in [5, 5.41) is 3.38. The highest BCUT2D eigenvalue weighted by molar-refractivity contribution is 7.99. The Morgan fingerprint density at radius 2 is 2.12 bits per heavy atom. The van der Waals surface area contributed by atoms with Gasteiger partial charge in [0.1, 0.15) is 0 Å². The molecule has 0 bridgehead atoms. The fourth-order valence-corrected chi connectivity index (χ4v) is 2.32. The first kappa shape index (κ1) is 13.6. The third-order valence-electron chi connectivity index (χ3n) is 2.23. The molecule has 0 unspecified atom stereocenters. The van der Waals surface area contributed by atoms with Crippen LogP contribution in [0.5, 0.6) is 0 Å². The summed E-state index contributed by atoms with van der Waals surface area (Å²) in [6.45, 7) is 4.82. The molecule has 0 aliphatic carbocycles. The number of methoxy groups -OCH3 is 1. The van der Waals surface area contributed by atoms with Crippen molar-refractivity contribution in [3.8, 4) is 0 Å². The molecule has 0 saturated carbocycles. The number of ether oxygens (including phenoxy) is 1. The molecule has 0 aliphatic rings. The van der Waals surface area contributed by atoms with Crippen molar-refractivity contribution in [3.63, 3.8) is 0 Å². The Bertz CT molecular complexity index is 291. The quantitative estimate of drug-likeness (QED) is 0.557. The van der Waals surface area contributed by atoms with Gasteiger partial charge in [-0.1, -0.05) is 25.1 Å². The van der Waals surface area contributed by atoms with Crippen LogP contribution in [0.1, 0.15) is 18.9 Å². The Morgan fingerprint density at radius 1 is 1.31 bits per heavy atom. The van der Waals surface area contributed by atoms with Crippen LogP contribution in [-0.2, 0) is 11.3 Å². The number of nitrogens with one attached hydrogen (secondary N) is 1. The van der Waals surface area contributed by atoms with Crippen LogP contribution in [0.25, 0.3) is 0 Å². The van der Waals surface area contributed by atoms with Crippen molar-refractivity contribution < 1.29 is 4.74 Å². The van der Waals surface area contributed by atoms with Gasteiger partial charge >= 0.3 is 0 Å². The van der Waals surface area contributed by atoms with E-state index in [4.69, 9.17) is 4.74 Å². The van der Waals surface area contributed by atoms with Gasteiger partial charge in [-0.15, -0.1) is 11.8 Å². The standard InChI is InChI=1S/C13H21NOS/c1-3-10-16-13-7-5-4-6-12(13)11-14-8-9-15-2/h4-7,14H,3,8-11H2,1-2H3. The second-order valence-corrected chi connectivity index (χ2v) is 4.76. The van der Waals surface area contributed by atoms with Gasteiger partial charge in [-0.3, -0.25) is 0 Å². The van der Waals surface area contributed by atoms with Crippen molar-refractivity contribution in [2.45, 2.75) is 24.8 Å². The van der Waals surface area contributed by atoms with Gasteiger partial charge in [-0.25, -0.2) is 0 Å². The largest absolute Gasteiger partial charge is 0.383 e. The lowest BCUT2D eigenvalue weighted by Crippen LogP contribution is -2.18. The SMILES string of the molecule is CCCSc1ccccc1CNCCOC. The Morgan fingerprint density at radius 3 is 2.88 bits per heavy atom. The van der Waals surface area contributed by atoms with Crippen LogP contribution in [0.3, 0.4) is 0 Å². The fourth-order valence-electron chi connectivity index (χ4n) is 1.40. The van der Waals surface area contributed by atoms with Crippen LogP contribution >= 0.6 is 11.8 Å². The lowest BCUT2D eigenvalue weighted by molar-refractivity contribution is 0.199. The van der Waals surface area contributed by atoms with Crippen LogP contribution in [0.2, 0.25) is 0 Å². The normalized spacial score (nSPS) is 10.6. The molecule has 90 valence electrons. The van der Waals surface area contributed by atoms with Crippen molar-refractivity contribution in [3.05, 3.63) is 29.8 Å². The highest BCUT2D eigenvalue weighted by atomic mass is 32.2. The summed E-state index contributed by atoms with van der Waals surface area (Å²) in [4.78, 5) is 1.40. The van der Waals surface area contributed by atoms with Crippen LogP contribution in [0, 0.1) is 0 Å². The minimum atomic E-state index is 0.768. The molecule has 16 heavy (non-hydrogen) atoms. The Balaban J connectivity index is 2.43. The molecule has 2 nitrogen and oxygen atoms in total. The van der Waals surface area contributed by atoms with Crippen LogP contribution in [0.4, 0.5) is 0 Å². The average Bonchev–Trinajstić information content (AvgIpc) is 2.33. The lowest BCUT2D eigenvalue weighted by atomic mass is 10.2. The smallest absolute Gasteiger partial charge is 0.0587 e. The third kappa shape index (κ3) is 5.01. The van der Waals surface area contributed by atoms with E-state index in [1.165, 1.54) is 22.6 Å². The Hall–Kier alpha value is -0.510. The molecule has 0 amide bonds. The number of hydrogen-bond donors (Lipinski definition) is 1. The van der Waals surface area contributed by atoms with Crippen molar-refractivity contribution in [1.29, 1.82) is 0 Å². The van der Waals surface area contributed by atoms with Gasteiger partial charge in [0.2, 0.25) is 0 Å². The van der Waals surface area contributed by atoms with Gasteiger partial charge in [0.05, 0.1) is 6.61 Å². The summed E-state index contributed by atoms with van der Waals surface area (Å²) < 4.78 is 5.01. The molecule has 0 atom stereocenters. The van der Waals surface area contributed by atoms with Crippen molar-refractivity contribution in [2.75, 3.05) is 26.0 Å². The zero-order valence-corrected chi connectivity index (χ0v) is 11.0. The molecule has 1 N–H and O–H groups in total. The van der Waals surface area contributed by atoms with Gasteiger partial charge in [-0.05, 0) is 23.8 Å². The molecule has 0 aliphatic heterocycles. The fraction of sp³-hybridized carbons (Fsp3) is 0.538. The second-order valence-electron chi connectivity index (χ2n) is 3.63. The number of thioether (sulfide) groups is 1. The molecule has 0 radical (unpaired) electrons. The molecule has 1 aromatic rings. The van der Waals surface area contributed by atoms with E-state index in [2.05, 4.69) is 36.5 Å². The van der Waals surface area contributed by atoms with E-state index in [9.17, 15) is 0 Å². The topological polar surface area (TPSA) is 21.3 Å². The van der Waals surface area contributed by atoms with Crippen LogP contribution < -0.4 is 5.32 Å². The van der Waals surface area contributed by atoms with Crippen molar-refractivity contribution >= 4 is 11.8 Å². The second kappa shape index (κ2) is 8.62. The summed E-state index contributed by atoms with van der Waals surface area (Å²) in [7, 11) is 1.73. The predicted octanol–water partition coefficient (Wildman–Crippen LogP) is 2.92. The maximum atomic E-state index is 5.01. The summed E-state index contributed by atoms with van der Waals surface area (Å²) in [5.74, 6) is 1.19. The highest BCUT2D eigenvalue weighted by Crippen LogP contribution is 2.22. The summed E-state index contributed by atoms with van der Waals surface area (Å²) in [5.41, 5.74) is 1.39. The molecular formula is C13H21NOS. The summed E-state index contributed by atoms with van der Waals surface area (Å²) in [6, 6.07) is 8.60. The molecule has 0 spiro atoms. The monoisotopic (exact) mass is 239 g/mol. The minimum absolute atomic E-state index is 0.768. The van der Waals surface area contributed by atoms with E-state index >= 15 is 0 Å². The molecule has 1 aromatic carbocycles. The predicted molar refractivity (Wildman–Crippen MR) is 71.0 cm³/mol. The first-order valence-corrected chi connectivity index (χ1v) is 6.77. The summed E-state index contributed by atoms with van der Waals surface area (Å²) >= 11 is 1.94. The zero-order valence-electron chi connectivity index (χ0n) is 10.2. The van der Waals surface area contributed by atoms with Gasteiger partial charge in [0.15, 0.2) is 0 Å².